The average Bonchev–Trinajstić information content (AvgIpc) is 2.75. The van der Waals surface area contributed by atoms with Crippen molar-refractivity contribution < 1.29 is 0 Å². The number of aromatic nitrogens is 2. The predicted octanol–water partition coefficient (Wildman–Crippen LogP) is 2.46. The molecule has 1 unspecified atom stereocenters. The molecule has 2 aromatic rings. The van der Waals surface area contributed by atoms with E-state index in [1.165, 1.54) is 5.56 Å². The summed E-state index contributed by atoms with van der Waals surface area (Å²) in [6.07, 6.45) is 1.98. The molecule has 0 bridgehead atoms. The molecule has 1 heterocycles. The molecule has 1 aromatic heterocycles. The van der Waals surface area contributed by atoms with E-state index in [1.54, 1.807) is 0 Å². The highest BCUT2D eigenvalue weighted by Gasteiger charge is 2.03. The predicted molar refractivity (Wildman–Crippen MR) is 65.8 cm³/mol. The van der Waals surface area contributed by atoms with Crippen LogP contribution in [0, 0.1) is 6.92 Å². The summed E-state index contributed by atoms with van der Waals surface area (Å²) in [7, 11) is 1.97. The molecule has 0 aliphatic rings. The summed E-state index contributed by atoms with van der Waals surface area (Å²) < 4.78 is 1.89. The standard InChI is InChI=1S/C13H17N3/c1-10-8-9-16(15-10)13-6-4-12(5-7-13)11(2)14-3/h4-9,11,14H,1-3H3. The van der Waals surface area contributed by atoms with Crippen LogP contribution in [-0.4, -0.2) is 16.8 Å². The molecular formula is C13H17N3. The van der Waals surface area contributed by atoms with E-state index in [1.807, 2.05) is 30.9 Å². The van der Waals surface area contributed by atoms with Crippen molar-refractivity contribution in [3.63, 3.8) is 0 Å². The Hall–Kier alpha value is -1.61. The van der Waals surface area contributed by atoms with E-state index in [4.69, 9.17) is 0 Å². The van der Waals surface area contributed by atoms with Gasteiger partial charge in [-0.3, -0.25) is 0 Å². The Bertz CT molecular complexity index is 456. The van der Waals surface area contributed by atoms with E-state index in [9.17, 15) is 0 Å². The van der Waals surface area contributed by atoms with Crippen molar-refractivity contribution in [2.24, 2.45) is 0 Å². The number of aryl methyl sites for hydroxylation is 1. The van der Waals surface area contributed by atoms with Gasteiger partial charge in [-0.15, -0.1) is 0 Å². The molecule has 0 fully saturated rings. The van der Waals surface area contributed by atoms with Gasteiger partial charge in [-0.1, -0.05) is 12.1 Å². The Morgan fingerprint density at radius 3 is 2.38 bits per heavy atom. The Morgan fingerprint density at radius 1 is 1.19 bits per heavy atom. The lowest BCUT2D eigenvalue weighted by atomic mass is 10.1. The van der Waals surface area contributed by atoms with E-state index >= 15 is 0 Å². The summed E-state index contributed by atoms with van der Waals surface area (Å²) in [6, 6.07) is 10.8. The van der Waals surface area contributed by atoms with Gasteiger partial charge < -0.3 is 5.32 Å². The monoisotopic (exact) mass is 215 g/mol. The molecule has 0 aliphatic heterocycles. The fraction of sp³-hybridized carbons (Fsp3) is 0.308. The molecule has 3 nitrogen and oxygen atoms in total. The van der Waals surface area contributed by atoms with Crippen LogP contribution in [0.3, 0.4) is 0 Å². The summed E-state index contributed by atoms with van der Waals surface area (Å²) >= 11 is 0. The van der Waals surface area contributed by atoms with Crippen LogP contribution in [0.15, 0.2) is 36.5 Å². The van der Waals surface area contributed by atoms with Crippen molar-refractivity contribution in [3.05, 3.63) is 47.8 Å². The summed E-state index contributed by atoms with van der Waals surface area (Å²) in [5.74, 6) is 0. The maximum absolute atomic E-state index is 4.38. The van der Waals surface area contributed by atoms with E-state index in [0.717, 1.165) is 11.4 Å². The Kier molecular flexibility index (Phi) is 3.06. The molecule has 16 heavy (non-hydrogen) atoms. The van der Waals surface area contributed by atoms with Crippen LogP contribution in [0.25, 0.3) is 5.69 Å². The number of nitrogens with one attached hydrogen (secondary N) is 1. The van der Waals surface area contributed by atoms with E-state index in [0.29, 0.717) is 6.04 Å². The number of nitrogens with zero attached hydrogens (tertiary/aromatic N) is 2. The normalized spacial score (nSPS) is 12.7. The largest absolute Gasteiger partial charge is 0.313 e. The highest BCUT2D eigenvalue weighted by atomic mass is 15.3. The lowest BCUT2D eigenvalue weighted by Gasteiger charge is -2.11. The van der Waals surface area contributed by atoms with Gasteiger partial charge in [0.05, 0.1) is 11.4 Å². The van der Waals surface area contributed by atoms with Gasteiger partial charge in [-0.2, -0.15) is 5.10 Å². The second kappa shape index (κ2) is 4.49. The minimum atomic E-state index is 0.383. The van der Waals surface area contributed by atoms with E-state index < -0.39 is 0 Å². The Balaban J connectivity index is 2.25. The van der Waals surface area contributed by atoms with Crippen LogP contribution in [-0.2, 0) is 0 Å². The third-order valence-electron chi connectivity index (χ3n) is 2.81. The van der Waals surface area contributed by atoms with Crippen LogP contribution in [0.5, 0.6) is 0 Å². The molecule has 0 saturated heterocycles. The molecule has 84 valence electrons. The van der Waals surface area contributed by atoms with Gasteiger partial charge in [0, 0.05) is 12.2 Å². The van der Waals surface area contributed by atoms with Crippen molar-refractivity contribution in [2.75, 3.05) is 7.05 Å². The smallest absolute Gasteiger partial charge is 0.0645 e. The fourth-order valence-corrected chi connectivity index (χ4v) is 1.64. The molecule has 1 atom stereocenters. The zero-order chi connectivity index (χ0) is 11.5. The first-order valence-electron chi connectivity index (χ1n) is 5.50. The van der Waals surface area contributed by atoms with Gasteiger partial charge in [0.25, 0.3) is 0 Å². The SMILES string of the molecule is CNC(C)c1ccc(-n2ccc(C)n2)cc1. The molecule has 0 aliphatic carbocycles. The lowest BCUT2D eigenvalue weighted by Crippen LogP contribution is -2.12. The van der Waals surface area contributed by atoms with Gasteiger partial charge >= 0.3 is 0 Å². The first kappa shape index (κ1) is 10.9. The third-order valence-corrected chi connectivity index (χ3v) is 2.81. The molecule has 1 aromatic carbocycles. The quantitative estimate of drug-likeness (QED) is 0.852. The van der Waals surface area contributed by atoms with Crippen molar-refractivity contribution >= 4 is 0 Å². The van der Waals surface area contributed by atoms with Crippen LogP contribution in [0.2, 0.25) is 0 Å². The molecular weight excluding hydrogens is 198 g/mol. The Morgan fingerprint density at radius 2 is 1.88 bits per heavy atom. The third kappa shape index (κ3) is 2.14. The minimum Gasteiger partial charge on any atom is -0.313 e. The van der Waals surface area contributed by atoms with Crippen molar-refractivity contribution in [1.29, 1.82) is 0 Å². The van der Waals surface area contributed by atoms with Crippen molar-refractivity contribution in [1.82, 2.24) is 15.1 Å². The number of rotatable bonds is 3. The van der Waals surface area contributed by atoms with Crippen molar-refractivity contribution in [3.8, 4) is 5.69 Å². The summed E-state index contributed by atoms with van der Waals surface area (Å²) in [5.41, 5.74) is 3.42. The molecule has 2 rings (SSSR count). The maximum Gasteiger partial charge on any atom is 0.0645 e. The zero-order valence-electron chi connectivity index (χ0n) is 9.94. The first-order valence-corrected chi connectivity index (χ1v) is 5.50. The van der Waals surface area contributed by atoms with Gasteiger partial charge in [-0.05, 0) is 44.7 Å². The first-order chi connectivity index (χ1) is 7.70. The second-order valence-corrected chi connectivity index (χ2v) is 4.00. The van der Waals surface area contributed by atoms with Crippen molar-refractivity contribution in [2.45, 2.75) is 19.9 Å². The average molecular weight is 215 g/mol. The highest BCUT2D eigenvalue weighted by Crippen LogP contribution is 2.14. The molecule has 0 amide bonds. The number of hydrogen-bond acceptors (Lipinski definition) is 2. The van der Waals surface area contributed by atoms with Gasteiger partial charge in [0.15, 0.2) is 0 Å². The minimum absolute atomic E-state index is 0.383. The van der Waals surface area contributed by atoms with Crippen LogP contribution in [0.4, 0.5) is 0 Å². The topological polar surface area (TPSA) is 29.9 Å². The number of benzene rings is 1. The summed E-state index contributed by atoms with van der Waals surface area (Å²) in [6.45, 7) is 4.14. The summed E-state index contributed by atoms with van der Waals surface area (Å²) in [4.78, 5) is 0. The second-order valence-electron chi connectivity index (χ2n) is 4.00. The molecule has 0 radical (unpaired) electrons. The van der Waals surface area contributed by atoms with Gasteiger partial charge in [0.1, 0.15) is 0 Å². The maximum atomic E-state index is 4.38. The van der Waals surface area contributed by atoms with Crippen LogP contribution < -0.4 is 5.32 Å². The van der Waals surface area contributed by atoms with E-state index in [2.05, 4.69) is 41.6 Å². The van der Waals surface area contributed by atoms with Gasteiger partial charge in [-0.25, -0.2) is 4.68 Å². The summed E-state index contributed by atoms with van der Waals surface area (Å²) in [5, 5.41) is 7.60. The fourth-order valence-electron chi connectivity index (χ4n) is 1.64. The zero-order valence-corrected chi connectivity index (χ0v) is 9.94. The molecule has 0 spiro atoms. The van der Waals surface area contributed by atoms with Crippen LogP contribution >= 0.6 is 0 Å². The van der Waals surface area contributed by atoms with Gasteiger partial charge in [0.2, 0.25) is 0 Å². The molecule has 1 N–H and O–H groups in total. The number of hydrogen-bond donors (Lipinski definition) is 1. The Labute approximate surface area is 96.1 Å². The lowest BCUT2D eigenvalue weighted by molar-refractivity contribution is 0.652. The molecule has 0 saturated carbocycles. The van der Waals surface area contributed by atoms with E-state index in [-0.39, 0.29) is 0 Å². The van der Waals surface area contributed by atoms with Crippen LogP contribution in [0.1, 0.15) is 24.2 Å². The highest BCUT2D eigenvalue weighted by molar-refractivity contribution is 5.35. The molecule has 3 heteroatoms.